The summed E-state index contributed by atoms with van der Waals surface area (Å²) in [6.07, 6.45) is 1.43. The van der Waals surface area contributed by atoms with E-state index in [2.05, 4.69) is 9.72 Å². The summed E-state index contributed by atoms with van der Waals surface area (Å²) in [5, 5.41) is 0. The van der Waals surface area contributed by atoms with Crippen LogP contribution in [0.25, 0.3) is 0 Å². The van der Waals surface area contributed by atoms with E-state index in [-0.39, 0.29) is 11.9 Å². The maximum atomic E-state index is 11.2. The van der Waals surface area contributed by atoms with Crippen molar-refractivity contribution in [1.82, 2.24) is 9.88 Å². The summed E-state index contributed by atoms with van der Waals surface area (Å²) in [6.45, 7) is 5.03. The van der Waals surface area contributed by atoms with Crippen LogP contribution in [0.3, 0.4) is 0 Å². The predicted molar refractivity (Wildman–Crippen MR) is 58.8 cm³/mol. The first kappa shape index (κ1) is 12.7. The van der Waals surface area contributed by atoms with Crippen molar-refractivity contribution < 1.29 is 13.9 Å². The van der Waals surface area contributed by atoms with Gasteiger partial charge in [0, 0.05) is 13.1 Å². The SMILES string of the molecule is COC(=O)C(C)CN(C)Cc1ncoc1C. The second-order valence-corrected chi connectivity index (χ2v) is 3.98. The van der Waals surface area contributed by atoms with Gasteiger partial charge in [0.25, 0.3) is 0 Å². The second kappa shape index (κ2) is 5.65. The van der Waals surface area contributed by atoms with Crippen LogP contribution < -0.4 is 0 Å². The number of methoxy groups -OCH3 is 1. The van der Waals surface area contributed by atoms with Gasteiger partial charge in [0.2, 0.25) is 0 Å². The minimum absolute atomic E-state index is 0.137. The van der Waals surface area contributed by atoms with Crippen LogP contribution in [-0.2, 0) is 16.1 Å². The van der Waals surface area contributed by atoms with Gasteiger partial charge >= 0.3 is 5.97 Å². The van der Waals surface area contributed by atoms with E-state index in [0.29, 0.717) is 13.1 Å². The normalized spacial score (nSPS) is 12.8. The molecule has 0 radical (unpaired) electrons. The van der Waals surface area contributed by atoms with Crippen LogP contribution in [0.5, 0.6) is 0 Å². The van der Waals surface area contributed by atoms with Gasteiger partial charge in [-0.2, -0.15) is 0 Å². The van der Waals surface area contributed by atoms with E-state index in [4.69, 9.17) is 4.42 Å². The van der Waals surface area contributed by atoms with Crippen LogP contribution in [0.1, 0.15) is 18.4 Å². The topological polar surface area (TPSA) is 55.6 Å². The smallest absolute Gasteiger partial charge is 0.309 e. The van der Waals surface area contributed by atoms with Crippen LogP contribution in [-0.4, -0.2) is 36.6 Å². The number of carbonyl (C=O) groups excluding carboxylic acids is 1. The number of rotatable bonds is 5. The van der Waals surface area contributed by atoms with Crippen molar-refractivity contribution in [3.63, 3.8) is 0 Å². The molecule has 0 saturated heterocycles. The number of aryl methyl sites for hydroxylation is 1. The molecule has 0 fully saturated rings. The molecule has 90 valence electrons. The summed E-state index contributed by atoms with van der Waals surface area (Å²) in [5.41, 5.74) is 0.902. The van der Waals surface area contributed by atoms with Crippen molar-refractivity contribution in [2.45, 2.75) is 20.4 Å². The first-order valence-corrected chi connectivity index (χ1v) is 5.20. The largest absolute Gasteiger partial charge is 0.469 e. The lowest BCUT2D eigenvalue weighted by Gasteiger charge is -2.18. The van der Waals surface area contributed by atoms with Crippen LogP contribution in [0.4, 0.5) is 0 Å². The van der Waals surface area contributed by atoms with Gasteiger partial charge in [-0.1, -0.05) is 6.92 Å². The van der Waals surface area contributed by atoms with Crippen LogP contribution >= 0.6 is 0 Å². The highest BCUT2D eigenvalue weighted by molar-refractivity contribution is 5.72. The molecular formula is C11H18N2O3. The molecule has 5 nitrogen and oxygen atoms in total. The quantitative estimate of drug-likeness (QED) is 0.707. The summed E-state index contributed by atoms with van der Waals surface area (Å²) in [6, 6.07) is 0. The fraction of sp³-hybridized carbons (Fsp3) is 0.636. The highest BCUT2D eigenvalue weighted by Crippen LogP contribution is 2.09. The molecule has 0 N–H and O–H groups in total. The molecular weight excluding hydrogens is 208 g/mol. The maximum Gasteiger partial charge on any atom is 0.309 e. The van der Waals surface area contributed by atoms with Crippen LogP contribution in [0.2, 0.25) is 0 Å². The molecule has 0 amide bonds. The average molecular weight is 226 g/mol. The summed E-state index contributed by atoms with van der Waals surface area (Å²) < 4.78 is 9.78. The van der Waals surface area contributed by atoms with Gasteiger partial charge in [-0.05, 0) is 14.0 Å². The Hall–Kier alpha value is -1.36. The van der Waals surface area contributed by atoms with Crippen molar-refractivity contribution >= 4 is 5.97 Å². The summed E-state index contributed by atoms with van der Waals surface area (Å²) >= 11 is 0. The number of hydrogen-bond donors (Lipinski definition) is 0. The first-order valence-electron chi connectivity index (χ1n) is 5.20. The number of carbonyl (C=O) groups is 1. The van der Waals surface area contributed by atoms with E-state index in [1.54, 1.807) is 0 Å². The fourth-order valence-corrected chi connectivity index (χ4v) is 1.54. The molecule has 1 atom stereocenters. The number of aromatic nitrogens is 1. The van der Waals surface area contributed by atoms with Crippen molar-refractivity contribution in [2.75, 3.05) is 20.7 Å². The minimum atomic E-state index is -0.191. The van der Waals surface area contributed by atoms with E-state index in [1.807, 2.05) is 25.8 Å². The molecule has 0 saturated carbocycles. The number of esters is 1. The standard InChI is InChI=1S/C11H18N2O3/c1-8(11(14)15-4)5-13(3)6-10-9(2)16-7-12-10/h7-8H,5-6H2,1-4H3. The zero-order valence-electron chi connectivity index (χ0n) is 10.2. The Morgan fingerprint density at radius 2 is 2.38 bits per heavy atom. The Morgan fingerprint density at radius 1 is 1.69 bits per heavy atom. The number of nitrogens with zero attached hydrogens (tertiary/aromatic N) is 2. The first-order chi connectivity index (χ1) is 7.54. The summed E-state index contributed by atoms with van der Waals surface area (Å²) in [4.78, 5) is 17.4. The van der Waals surface area contributed by atoms with Crippen molar-refractivity contribution in [2.24, 2.45) is 5.92 Å². The molecule has 1 unspecified atom stereocenters. The van der Waals surface area contributed by atoms with E-state index in [0.717, 1.165) is 11.5 Å². The third kappa shape index (κ3) is 3.34. The number of ether oxygens (including phenoxy) is 1. The molecule has 0 aliphatic rings. The van der Waals surface area contributed by atoms with E-state index in [9.17, 15) is 4.79 Å². The molecule has 1 rings (SSSR count). The molecule has 5 heteroatoms. The zero-order valence-corrected chi connectivity index (χ0v) is 10.2. The average Bonchev–Trinajstić information content (AvgIpc) is 2.63. The van der Waals surface area contributed by atoms with E-state index >= 15 is 0 Å². The molecule has 0 bridgehead atoms. The summed E-state index contributed by atoms with van der Waals surface area (Å²) in [7, 11) is 3.34. The second-order valence-electron chi connectivity index (χ2n) is 3.98. The van der Waals surface area contributed by atoms with E-state index in [1.165, 1.54) is 13.5 Å². The number of oxazole rings is 1. The lowest BCUT2D eigenvalue weighted by molar-refractivity contribution is -0.145. The van der Waals surface area contributed by atoms with Crippen LogP contribution in [0.15, 0.2) is 10.8 Å². The van der Waals surface area contributed by atoms with Gasteiger partial charge in [-0.3, -0.25) is 9.69 Å². The van der Waals surface area contributed by atoms with Gasteiger partial charge in [-0.25, -0.2) is 4.98 Å². The molecule has 16 heavy (non-hydrogen) atoms. The monoisotopic (exact) mass is 226 g/mol. The molecule has 1 heterocycles. The van der Waals surface area contributed by atoms with Gasteiger partial charge < -0.3 is 9.15 Å². The number of hydrogen-bond acceptors (Lipinski definition) is 5. The van der Waals surface area contributed by atoms with Crippen LogP contribution in [0, 0.1) is 12.8 Å². The Balaban J connectivity index is 2.45. The fourth-order valence-electron chi connectivity index (χ4n) is 1.54. The van der Waals surface area contributed by atoms with E-state index < -0.39 is 0 Å². The third-order valence-corrected chi connectivity index (χ3v) is 2.45. The van der Waals surface area contributed by atoms with Gasteiger partial charge in [-0.15, -0.1) is 0 Å². The molecule has 0 aliphatic carbocycles. The van der Waals surface area contributed by atoms with Crippen molar-refractivity contribution in [3.05, 3.63) is 17.8 Å². The third-order valence-electron chi connectivity index (χ3n) is 2.45. The Morgan fingerprint density at radius 3 is 2.88 bits per heavy atom. The lowest BCUT2D eigenvalue weighted by atomic mass is 10.1. The Kier molecular flexibility index (Phi) is 4.49. The molecule has 0 aromatic carbocycles. The molecule has 0 spiro atoms. The van der Waals surface area contributed by atoms with Crippen molar-refractivity contribution in [1.29, 1.82) is 0 Å². The van der Waals surface area contributed by atoms with Gasteiger partial charge in [0.05, 0.1) is 18.7 Å². The minimum Gasteiger partial charge on any atom is -0.469 e. The van der Waals surface area contributed by atoms with Gasteiger partial charge in [0.1, 0.15) is 5.76 Å². The molecule has 0 aliphatic heterocycles. The highest BCUT2D eigenvalue weighted by Gasteiger charge is 2.16. The Labute approximate surface area is 95.4 Å². The lowest BCUT2D eigenvalue weighted by Crippen LogP contribution is -2.29. The zero-order chi connectivity index (χ0) is 12.1. The summed E-state index contributed by atoms with van der Waals surface area (Å²) in [5.74, 6) is 0.489. The van der Waals surface area contributed by atoms with Crippen molar-refractivity contribution in [3.8, 4) is 0 Å². The highest BCUT2D eigenvalue weighted by atomic mass is 16.5. The maximum absolute atomic E-state index is 11.2. The van der Waals surface area contributed by atoms with Gasteiger partial charge in [0.15, 0.2) is 6.39 Å². The molecule has 1 aromatic heterocycles. The predicted octanol–water partition coefficient (Wildman–Crippen LogP) is 1.22. The molecule has 1 aromatic rings. The Bertz CT molecular complexity index is 349.